The van der Waals surface area contributed by atoms with Gasteiger partial charge in [-0.05, 0) is 11.6 Å². The Morgan fingerprint density at radius 3 is 2.67 bits per heavy atom. The molecule has 6 heteroatoms. The zero-order valence-electron chi connectivity index (χ0n) is 9.45. The number of pyridine rings is 1. The summed E-state index contributed by atoms with van der Waals surface area (Å²) in [7, 11) is 0. The van der Waals surface area contributed by atoms with Crippen molar-refractivity contribution in [2.24, 2.45) is 0 Å². The summed E-state index contributed by atoms with van der Waals surface area (Å²) in [5, 5.41) is 10.9. The minimum Gasteiger partial charge on any atom is -0.468 e. The molecule has 0 amide bonds. The van der Waals surface area contributed by atoms with Gasteiger partial charge in [-0.1, -0.05) is 30.3 Å². The first kappa shape index (κ1) is 11.8. The lowest BCUT2D eigenvalue weighted by molar-refractivity contribution is -0.385. The molecule has 0 bridgehead atoms. The Hall–Kier alpha value is -2.63. The molecule has 2 aromatic rings. The summed E-state index contributed by atoms with van der Waals surface area (Å²) in [6.07, 6.45) is 1.38. The van der Waals surface area contributed by atoms with Crippen LogP contribution < -0.4 is 10.5 Å². The number of hydrogen-bond acceptors (Lipinski definition) is 5. The van der Waals surface area contributed by atoms with Gasteiger partial charge >= 0.3 is 5.69 Å². The predicted octanol–water partition coefficient (Wildman–Crippen LogP) is 2.15. The van der Waals surface area contributed by atoms with Gasteiger partial charge in [-0.3, -0.25) is 10.1 Å². The van der Waals surface area contributed by atoms with E-state index < -0.39 is 4.92 Å². The maximum atomic E-state index is 10.9. The first-order valence-corrected chi connectivity index (χ1v) is 5.24. The van der Waals surface area contributed by atoms with Crippen LogP contribution in [0.15, 0.2) is 42.6 Å². The molecule has 2 rings (SSSR count). The van der Waals surface area contributed by atoms with E-state index in [9.17, 15) is 10.1 Å². The molecule has 0 spiro atoms. The number of rotatable bonds is 4. The molecular weight excluding hydrogens is 234 g/mol. The van der Waals surface area contributed by atoms with Gasteiger partial charge in [0.05, 0.1) is 4.92 Å². The maximum Gasteiger partial charge on any atom is 0.353 e. The largest absolute Gasteiger partial charge is 0.468 e. The van der Waals surface area contributed by atoms with Crippen LogP contribution in [0.4, 0.5) is 11.4 Å². The zero-order valence-corrected chi connectivity index (χ0v) is 9.45. The van der Waals surface area contributed by atoms with Crippen LogP contribution in [0.5, 0.6) is 5.88 Å². The Balaban J connectivity index is 2.20. The smallest absolute Gasteiger partial charge is 0.353 e. The molecular formula is C12H11N3O3. The summed E-state index contributed by atoms with van der Waals surface area (Å²) < 4.78 is 5.33. The lowest BCUT2D eigenvalue weighted by Gasteiger charge is -2.06. The fraction of sp³-hybridized carbons (Fsp3) is 0.0833. The van der Waals surface area contributed by atoms with Crippen LogP contribution in [-0.4, -0.2) is 9.91 Å². The average molecular weight is 245 g/mol. The highest BCUT2D eigenvalue weighted by atomic mass is 16.6. The van der Waals surface area contributed by atoms with E-state index in [0.29, 0.717) is 0 Å². The Bertz CT molecular complexity index is 558. The van der Waals surface area contributed by atoms with Crippen LogP contribution in [0, 0.1) is 10.1 Å². The molecule has 0 unspecified atom stereocenters. The lowest BCUT2D eigenvalue weighted by atomic mass is 10.2. The maximum absolute atomic E-state index is 10.9. The Morgan fingerprint density at radius 1 is 1.28 bits per heavy atom. The molecule has 92 valence electrons. The van der Waals surface area contributed by atoms with Gasteiger partial charge in [-0.2, -0.15) is 0 Å². The van der Waals surface area contributed by atoms with Gasteiger partial charge < -0.3 is 10.5 Å². The fourth-order valence-electron chi connectivity index (χ4n) is 1.46. The Kier molecular flexibility index (Phi) is 3.38. The van der Waals surface area contributed by atoms with Gasteiger partial charge in [0.2, 0.25) is 0 Å². The summed E-state index contributed by atoms with van der Waals surface area (Å²) in [4.78, 5) is 14.1. The highest BCUT2D eigenvalue weighted by molar-refractivity contribution is 5.62. The predicted molar refractivity (Wildman–Crippen MR) is 66.1 cm³/mol. The van der Waals surface area contributed by atoms with Crippen LogP contribution in [0.25, 0.3) is 0 Å². The summed E-state index contributed by atoms with van der Waals surface area (Å²) >= 11 is 0. The van der Waals surface area contributed by atoms with Gasteiger partial charge in [-0.15, -0.1) is 0 Å². The quantitative estimate of drug-likeness (QED) is 0.658. The van der Waals surface area contributed by atoms with E-state index in [1.54, 1.807) is 0 Å². The third-order valence-corrected chi connectivity index (χ3v) is 2.32. The molecule has 1 heterocycles. The number of hydrogen-bond donors (Lipinski definition) is 1. The summed E-state index contributed by atoms with van der Waals surface area (Å²) in [5.41, 5.74) is 6.17. The topological polar surface area (TPSA) is 91.3 Å². The van der Waals surface area contributed by atoms with Crippen LogP contribution in [0.2, 0.25) is 0 Å². The first-order valence-electron chi connectivity index (χ1n) is 5.24. The Morgan fingerprint density at radius 2 is 2.00 bits per heavy atom. The minimum atomic E-state index is -0.595. The molecule has 0 aliphatic carbocycles. The van der Waals surface area contributed by atoms with Crippen molar-refractivity contribution < 1.29 is 9.66 Å². The highest BCUT2D eigenvalue weighted by Crippen LogP contribution is 2.30. The molecule has 0 saturated carbocycles. The summed E-state index contributed by atoms with van der Waals surface area (Å²) in [6, 6.07) is 10.7. The van der Waals surface area contributed by atoms with Gasteiger partial charge in [0.1, 0.15) is 12.3 Å². The number of nitrogens with zero attached hydrogens (tertiary/aromatic N) is 2. The van der Waals surface area contributed by atoms with E-state index in [1.807, 2.05) is 30.3 Å². The first-order chi connectivity index (χ1) is 8.68. The molecule has 2 N–H and O–H groups in total. The van der Waals surface area contributed by atoms with Crippen molar-refractivity contribution in [2.45, 2.75) is 6.61 Å². The van der Waals surface area contributed by atoms with E-state index in [-0.39, 0.29) is 23.9 Å². The van der Waals surface area contributed by atoms with Crippen molar-refractivity contribution in [3.8, 4) is 5.88 Å². The van der Waals surface area contributed by atoms with E-state index in [1.165, 1.54) is 12.3 Å². The lowest BCUT2D eigenvalue weighted by Crippen LogP contribution is -2.03. The average Bonchev–Trinajstić information content (AvgIpc) is 2.37. The van der Waals surface area contributed by atoms with Gasteiger partial charge in [0, 0.05) is 6.20 Å². The molecule has 18 heavy (non-hydrogen) atoms. The highest BCUT2D eigenvalue weighted by Gasteiger charge is 2.20. The second kappa shape index (κ2) is 5.13. The van der Waals surface area contributed by atoms with Crippen molar-refractivity contribution in [3.05, 3.63) is 58.3 Å². The van der Waals surface area contributed by atoms with Crippen molar-refractivity contribution in [2.75, 3.05) is 5.73 Å². The Labute approximate surface area is 103 Å². The van der Waals surface area contributed by atoms with Gasteiger partial charge in [-0.25, -0.2) is 4.98 Å². The van der Waals surface area contributed by atoms with Crippen LogP contribution in [0.1, 0.15) is 5.56 Å². The molecule has 0 fully saturated rings. The van der Waals surface area contributed by atoms with Crippen LogP contribution in [-0.2, 0) is 6.61 Å². The van der Waals surface area contributed by atoms with Crippen molar-refractivity contribution in [3.63, 3.8) is 0 Å². The molecule has 6 nitrogen and oxygen atoms in total. The number of nitrogens with two attached hydrogens (primary N) is 1. The standard InChI is InChI=1S/C12H11N3O3/c13-10-6-7-14-12(11(10)15(16)17)18-8-9-4-2-1-3-5-9/h1-7H,8H2,(H2,13,14). The number of benzene rings is 1. The van der Waals surface area contributed by atoms with Crippen molar-refractivity contribution >= 4 is 11.4 Å². The second-order valence-corrected chi connectivity index (χ2v) is 3.59. The number of ether oxygens (including phenoxy) is 1. The molecule has 0 atom stereocenters. The van der Waals surface area contributed by atoms with E-state index >= 15 is 0 Å². The minimum absolute atomic E-state index is 0.0399. The van der Waals surface area contributed by atoms with E-state index in [2.05, 4.69) is 4.98 Å². The van der Waals surface area contributed by atoms with Crippen LogP contribution >= 0.6 is 0 Å². The summed E-state index contributed by atoms with van der Waals surface area (Å²) in [6.45, 7) is 0.206. The molecule has 0 aliphatic rings. The number of nitro groups is 1. The molecule has 1 aromatic carbocycles. The number of aromatic nitrogens is 1. The number of nitrogen functional groups attached to an aromatic ring is 1. The van der Waals surface area contributed by atoms with E-state index in [4.69, 9.17) is 10.5 Å². The third-order valence-electron chi connectivity index (χ3n) is 2.32. The van der Waals surface area contributed by atoms with Crippen LogP contribution in [0.3, 0.4) is 0 Å². The molecule has 1 aromatic heterocycles. The summed E-state index contributed by atoms with van der Waals surface area (Å²) in [5.74, 6) is -0.0659. The molecule has 0 aliphatic heterocycles. The number of anilines is 1. The van der Waals surface area contributed by atoms with Crippen molar-refractivity contribution in [1.82, 2.24) is 4.98 Å². The molecule has 0 saturated heterocycles. The van der Waals surface area contributed by atoms with E-state index in [0.717, 1.165) is 5.56 Å². The van der Waals surface area contributed by atoms with Gasteiger partial charge in [0.15, 0.2) is 0 Å². The second-order valence-electron chi connectivity index (χ2n) is 3.59. The zero-order chi connectivity index (χ0) is 13.0. The van der Waals surface area contributed by atoms with Gasteiger partial charge in [0.25, 0.3) is 5.88 Å². The van der Waals surface area contributed by atoms with Crippen molar-refractivity contribution in [1.29, 1.82) is 0 Å². The monoisotopic (exact) mass is 245 g/mol. The third kappa shape index (κ3) is 2.54. The normalized spacial score (nSPS) is 10.0. The SMILES string of the molecule is Nc1ccnc(OCc2ccccc2)c1[N+](=O)[O-]. The fourth-order valence-corrected chi connectivity index (χ4v) is 1.46. The molecule has 0 radical (unpaired) electrons.